The minimum Gasteiger partial charge on any atom is -0.467 e. The van der Waals surface area contributed by atoms with Crippen LogP contribution in [0.5, 0.6) is 0 Å². The number of anilines is 1. The summed E-state index contributed by atoms with van der Waals surface area (Å²) in [5, 5.41) is 13.6. The van der Waals surface area contributed by atoms with Crippen molar-refractivity contribution in [3.8, 4) is 0 Å². The molecule has 0 spiro atoms. The second kappa shape index (κ2) is 4.87. The molecule has 0 amide bonds. The van der Waals surface area contributed by atoms with Gasteiger partial charge in [-0.2, -0.15) is 0 Å². The van der Waals surface area contributed by atoms with Crippen molar-refractivity contribution in [3.63, 3.8) is 0 Å². The highest BCUT2D eigenvalue weighted by Gasteiger charge is 2.13. The zero-order valence-electron chi connectivity index (χ0n) is 9.59. The number of nitrogens with one attached hydrogen (secondary N) is 1. The van der Waals surface area contributed by atoms with E-state index in [1.165, 1.54) is 18.4 Å². The second-order valence-corrected chi connectivity index (χ2v) is 3.84. The van der Waals surface area contributed by atoms with Gasteiger partial charge >= 0.3 is 0 Å². The molecule has 0 bridgehead atoms. The Bertz CT molecular complexity index is 554. The fourth-order valence-corrected chi connectivity index (χ4v) is 1.62. The average molecular weight is 250 g/mol. The first-order chi connectivity index (χ1) is 8.56. The van der Waals surface area contributed by atoms with Gasteiger partial charge in [-0.25, -0.2) is 4.39 Å². The van der Waals surface area contributed by atoms with Crippen molar-refractivity contribution in [2.75, 3.05) is 5.32 Å². The standard InChI is InChI=1S/C12H11FN2O3/c1-8(12-3-2-4-18-12)14-10-5-9(13)6-11(7-10)15(16)17/h2-8,14H,1H3. The molecule has 1 heterocycles. The topological polar surface area (TPSA) is 68.3 Å². The Morgan fingerprint density at radius 2 is 2.22 bits per heavy atom. The van der Waals surface area contributed by atoms with E-state index in [1.807, 2.05) is 6.92 Å². The largest absolute Gasteiger partial charge is 0.467 e. The van der Waals surface area contributed by atoms with Gasteiger partial charge in [0, 0.05) is 11.8 Å². The highest BCUT2D eigenvalue weighted by atomic mass is 19.1. The van der Waals surface area contributed by atoms with E-state index < -0.39 is 10.7 Å². The van der Waals surface area contributed by atoms with Crippen molar-refractivity contribution in [1.82, 2.24) is 0 Å². The number of benzene rings is 1. The third-order valence-electron chi connectivity index (χ3n) is 2.45. The molecule has 1 aromatic carbocycles. The molecule has 0 radical (unpaired) electrons. The lowest BCUT2D eigenvalue weighted by Gasteiger charge is -2.12. The maximum absolute atomic E-state index is 13.2. The molecule has 0 saturated carbocycles. The molecular formula is C12H11FN2O3. The average Bonchev–Trinajstić information content (AvgIpc) is 2.81. The molecule has 1 N–H and O–H groups in total. The number of furan rings is 1. The summed E-state index contributed by atoms with van der Waals surface area (Å²) < 4.78 is 18.4. The van der Waals surface area contributed by atoms with Crippen LogP contribution >= 0.6 is 0 Å². The van der Waals surface area contributed by atoms with Crippen molar-refractivity contribution in [2.45, 2.75) is 13.0 Å². The first kappa shape index (κ1) is 12.1. The number of hydrogen-bond donors (Lipinski definition) is 1. The number of halogens is 1. The molecule has 1 unspecified atom stereocenters. The Morgan fingerprint density at radius 3 is 2.83 bits per heavy atom. The molecule has 1 aromatic heterocycles. The Balaban J connectivity index is 2.21. The van der Waals surface area contributed by atoms with Gasteiger partial charge in [-0.1, -0.05) is 0 Å². The highest BCUT2D eigenvalue weighted by molar-refractivity contribution is 5.52. The third-order valence-corrected chi connectivity index (χ3v) is 2.45. The van der Waals surface area contributed by atoms with Crippen LogP contribution in [0.1, 0.15) is 18.7 Å². The Morgan fingerprint density at radius 1 is 1.44 bits per heavy atom. The molecule has 94 valence electrons. The molecule has 2 aromatic rings. The summed E-state index contributed by atoms with van der Waals surface area (Å²) in [7, 11) is 0. The number of nitro groups is 1. The normalized spacial score (nSPS) is 12.1. The third kappa shape index (κ3) is 2.65. The Hall–Kier alpha value is -2.37. The first-order valence-corrected chi connectivity index (χ1v) is 5.31. The fourth-order valence-electron chi connectivity index (χ4n) is 1.62. The van der Waals surface area contributed by atoms with Gasteiger partial charge in [0.15, 0.2) is 0 Å². The maximum atomic E-state index is 13.2. The van der Waals surface area contributed by atoms with E-state index in [4.69, 9.17) is 4.42 Å². The SMILES string of the molecule is CC(Nc1cc(F)cc([N+](=O)[O-])c1)c1ccco1. The van der Waals surface area contributed by atoms with Gasteiger partial charge in [-0.15, -0.1) is 0 Å². The molecule has 0 saturated heterocycles. The minimum absolute atomic E-state index is 0.207. The predicted octanol–water partition coefficient (Wildman–Crippen LogP) is 3.50. The van der Waals surface area contributed by atoms with Crippen LogP contribution < -0.4 is 5.32 Å². The zero-order chi connectivity index (χ0) is 13.1. The van der Waals surface area contributed by atoms with Crippen LogP contribution in [0.4, 0.5) is 15.8 Å². The number of nitrogens with zero attached hydrogens (tertiary/aromatic N) is 1. The molecule has 6 heteroatoms. The summed E-state index contributed by atoms with van der Waals surface area (Å²) in [5.74, 6) is 0.0141. The highest BCUT2D eigenvalue weighted by Crippen LogP contribution is 2.24. The molecule has 2 rings (SSSR count). The molecule has 18 heavy (non-hydrogen) atoms. The van der Waals surface area contributed by atoms with E-state index in [1.54, 1.807) is 12.1 Å². The van der Waals surface area contributed by atoms with E-state index in [2.05, 4.69) is 5.32 Å². The molecule has 1 atom stereocenters. The summed E-state index contributed by atoms with van der Waals surface area (Å²) >= 11 is 0. The van der Waals surface area contributed by atoms with Gasteiger partial charge in [0.25, 0.3) is 5.69 Å². The maximum Gasteiger partial charge on any atom is 0.274 e. The summed E-state index contributed by atoms with van der Waals surface area (Å²) in [5.41, 5.74) is 0.0507. The van der Waals surface area contributed by atoms with Crippen molar-refractivity contribution in [2.24, 2.45) is 0 Å². The van der Waals surface area contributed by atoms with Crippen molar-refractivity contribution >= 4 is 11.4 Å². The quantitative estimate of drug-likeness (QED) is 0.666. The van der Waals surface area contributed by atoms with Crippen LogP contribution in [-0.2, 0) is 0 Å². The second-order valence-electron chi connectivity index (χ2n) is 3.84. The van der Waals surface area contributed by atoms with E-state index in [9.17, 15) is 14.5 Å². The van der Waals surface area contributed by atoms with Crippen LogP contribution in [0, 0.1) is 15.9 Å². The minimum atomic E-state index is -0.654. The van der Waals surface area contributed by atoms with Crippen molar-refractivity contribution in [1.29, 1.82) is 0 Å². The summed E-state index contributed by atoms with van der Waals surface area (Å²) in [6, 6.07) is 6.66. The van der Waals surface area contributed by atoms with Crippen molar-refractivity contribution < 1.29 is 13.7 Å². The van der Waals surface area contributed by atoms with E-state index in [0.717, 1.165) is 6.07 Å². The molecule has 5 nitrogen and oxygen atoms in total. The Kier molecular flexibility index (Phi) is 3.27. The lowest BCUT2D eigenvalue weighted by Crippen LogP contribution is -2.06. The number of rotatable bonds is 4. The molecule has 0 aliphatic carbocycles. The van der Waals surface area contributed by atoms with Gasteiger partial charge in [-0.3, -0.25) is 10.1 Å². The van der Waals surface area contributed by atoms with Gasteiger partial charge in [-0.05, 0) is 25.1 Å². The zero-order valence-corrected chi connectivity index (χ0v) is 9.59. The van der Waals surface area contributed by atoms with Crippen LogP contribution in [0.25, 0.3) is 0 Å². The van der Waals surface area contributed by atoms with Gasteiger partial charge in [0.05, 0.1) is 23.3 Å². The van der Waals surface area contributed by atoms with Crippen LogP contribution in [0.3, 0.4) is 0 Å². The molecular weight excluding hydrogens is 239 g/mol. The van der Waals surface area contributed by atoms with Gasteiger partial charge < -0.3 is 9.73 Å². The monoisotopic (exact) mass is 250 g/mol. The van der Waals surface area contributed by atoms with Crippen LogP contribution in [0.2, 0.25) is 0 Å². The van der Waals surface area contributed by atoms with Crippen LogP contribution in [0.15, 0.2) is 41.0 Å². The number of hydrogen-bond acceptors (Lipinski definition) is 4. The Labute approximate surface area is 102 Å². The lowest BCUT2D eigenvalue weighted by atomic mass is 10.2. The fraction of sp³-hybridized carbons (Fsp3) is 0.167. The van der Waals surface area contributed by atoms with Gasteiger partial charge in [0.1, 0.15) is 11.6 Å². The van der Waals surface area contributed by atoms with E-state index in [0.29, 0.717) is 11.4 Å². The molecule has 0 aliphatic heterocycles. The van der Waals surface area contributed by atoms with E-state index >= 15 is 0 Å². The summed E-state index contributed by atoms with van der Waals surface area (Å²) in [4.78, 5) is 9.98. The number of nitro benzene ring substituents is 1. The predicted molar refractivity (Wildman–Crippen MR) is 63.8 cm³/mol. The lowest BCUT2D eigenvalue weighted by molar-refractivity contribution is -0.385. The van der Waals surface area contributed by atoms with Crippen LogP contribution in [-0.4, -0.2) is 4.92 Å². The smallest absolute Gasteiger partial charge is 0.274 e. The van der Waals surface area contributed by atoms with E-state index in [-0.39, 0.29) is 11.7 Å². The number of non-ortho nitro benzene ring substituents is 1. The van der Waals surface area contributed by atoms with Crippen molar-refractivity contribution in [3.05, 3.63) is 58.3 Å². The molecule has 0 fully saturated rings. The molecule has 0 aliphatic rings. The summed E-state index contributed by atoms with van der Waals surface area (Å²) in [6.45, 7) is 1.82. The van der Waals surface area contributed by atoms with Gasteiger partial charge in [0.2, 0.25) is 0 Å². The first-order valence-electron chi connectivity index (χ1n) is 5.31. The summed E-state index contributed by atoms with van der Waals surface area (Å²) in [6.07, 6.45) is 1.53.